The largest absolute Gasteiger partial charge is 0.379 e. The Balaban J connectivity index is 1.55. The smallest absolute Gasteiger partial charge is 0.0623 e. The second-order valence-electron chi connectivity index (χ2n) is 5.97. The van der Waals surface area contributed by atoms with E-state index in [1.807, 2.05) is 12.4 Å². The molecule has 1 saturated heterocycles. The van der Waals surface area contributed by atoms with Crippen molar-refractivity contribution in [2.45, 2.75) is 50.6 Å². The summed E-state index contributed by atoms with van der Waals surface area (Å²) in [5.74, 6) is 0.615. The molecule has 1 N–H and O–H groups in total. The van der Waals surface area contributed by atoms with Crippen molar-refractivity contribution in [3.63, 3.8) is 0 Å². The molecule has 1 aliphatic heterocycles. The number of hydrogen-bond donors (Lipinski definition) is 1. The standard InChI is InChI=1S/C16H24N2O/c1-2-4-15(5-3-1)18-16-12-19-11-14(16)10-13-6-8-17-9-7-13/h6-9,14-16,18H,1-5,10-12H2/t14-,16-/m1/s1. The van der Waals surface area contributed by atoms with Gasteiger partial charge in [0.2, 0.25) is 0 Å². The molecule has 1 aromatic rings. The monoisotopic (exact) mass is 260 g/mol. The van der Waals surface area contributed by atoms with Crippen LogP contribution in [0.4, 0.5) is 0 Å². The molecule has 0 bridgehead atoms. The van der Waals surface area contributed by atoms with Crippen LogP contribution in [0.3, 0.4) is 0 Å². The Morgan fingerprint density at radius 2 is 1.89 bits per heavy atom. The minimum absolute atomic E-state index is 0.538. The number of hydrogen-bond acceptors (Lipinski definition) is 3. The summed E-state index contributed by atoms with van der Waals surface area (Å²) >= 11 is 0. The first-order valence-corrected chi connectivity index (χ1v) is 7.64. The van der Waals surface area contributed by atoms with Crippen molar-refractivity contribution in [2.24, 2.45) is 5.92 Å². The molecule has 1 aliphatic carbocycles. The summed E-state index contributed by atoms with van der Waals surface area (Å²) in [6.07, 6.45) is 11.8. The van der Waals surface area contributed by atoms with Crippen LogP contribution in [0, 0.1) is 5.92 Å². The van der Waals surface area contributed by atoms with Crippen LogP contribution in [0.2, 0.25) is 0 Å². The van der Waals surface area contributed by atoms with Crippen LogP contribution in [-0.4, -0.2) is 30.3 Å². The molecule has 3 heteroatoms. The second kappa shape index (κ2) is 6.49. The second-order valence-corrected chi connectivity index (χ2v) is 5.97. The lowest BCUT2D eigenvalue weighted by molar-refractivity contribution is 0.180. The maximum atomic E-state index is 5.71. The zero-order valence-electron chi connectivity index (χ0n) is 11.6. The van der Waals surface area contributed by atoms with Crippen molar-refractivity contribution < 1.29 is 4.74 Å². The fourth-order valence-electron chi connectivity index (χ4n) is 3.38. The summed E-state index contributed by atoms with van der Waals surface area (Å²) in [6, 6.07) is 5.50. The zero-order valence-corrected chi connectivity index (χ0v) is 11.6. The quantitative estimate of drug-likeness (QED) is 0.903. The summed E-state index contributed by atoms with van der Waals surface area (Å²) in [5, 5.41) is 3.85. The lowest BCUT2D eigenvalue weighted by Crippen LogP contribution is -2.44. The van der Waals surface area contributed by atoms with E-state index in [4.69, 9.17) is 4.74 Å². The average molecular weight is 260 g/mol. The summed E-state index contributed by atoms with van der Waals surface area (Å²) in [6.45, 7) is 1.78. The van der Waals surface area contributed by atoms with Gasteiger partial charge in [0.1, 0.15) is 0 Å². The predicted molar refractivity (Wildman–Crippen MR) is 76.0 cm³/mol. The molecule has 19 heavy (non-hydrogen) atoms. The molecule has 0 radical (unpaired) electrons. The number of nitrogens with zero attached hydrogens (tertiary/aromatic N) is 1. The molecule has 2 atom stereocenters. The summed E-state index contributed by atoms with van der Waals surface area (Å²) < 4.78 is 5.71. The van der Waals surface area contributed by atoms with Gasteiger partial charge in [-0.3, -0.25) is 4.98 Å². The Morgan fingerprint density at radius 3 is 2.68 bits per heavy atom. The van der Waals surface area contributed by atoms with Gasteiger partial charge in [-0.2, -0.15) is 0 Å². The van der Waals surface area contributed by atoms with Crippen LogP contribution in [0.1, 0.15) is 37.7 Å². The molecule has 0 aromatic carbocycles. The Morgan fingerprint density at radius 1 is 1.11 bits per heavy atom. The van der Waals surface area contributed by atoms with Crippen molar-refractivity contribution in [3.05, 3.63) is 30.1 Å². The molecule has 104 valence electrons. The van der Waals surface area contributed by atoms with Crippen molar-refractivity contribution in [3.8, 4) is 0 Å². The Hall–Kier alpha value is -0.930. The minimum atomic E-state index is 0.538. The first-order valence-electron chi connectivity index (χ1n) is 7.64. The Kier molecular flexibility index (Phi) is 4.46. The molecular formula is C16H24N2O. The van der Waals surface area contributed by atoms with E-state index in [1.165, 1.54) is 37.7 Å². The van der Waals surface area contributed by atoms with Crippen LogP contribution in [0.25, 0.3) is 0 Å². The molecule has 2 aliphatic rings. The maximum absolute atomic E-state index is 5.71. The van der Waals surface area contributed by atoms with Gasteiger partial charge in [-0.05, 0) is 37.0 Å². The van der Waals surface area contributed by atoms with Gasteiger partial charge in [-0.25, -0.2) is 0 Å². The number of pyridine rings is 1. The van der Waals surface area contributed by atoms with Crippen LogP contribution in [0.15, 0.2) is 24.5 Å². The van der Waals surface area contributed by atoms with Crippen molar-refractivity contribution in [1.29, 1.82) is 0 Å². The highest BCUT2D eigenvalue weighted by Crippen LogP contribution is 2.23. The van der Waals surface area contributed by atoms with Gasteiger partial charge in [0.05, 0.1) is 13.2 Å². The van der Waals surface area contributed by atoms with E-state index in [2.05, 4.69) is 22.4 Å². The lowest BCUT2D eigenvalue weighted by Gasteiger charge is -2.28. The number of aromatic nitrogens is 1. The number of nitrogens with one attached hydrogen (secondary N) is 1. The van der Waals surface area contributed by atoms with Gasteiger partial charge < -0.3 is 10.1 Å². The van der Waals surface area contributed by atoms with Crippen LogP contribution >= 0.6 is 0 Å². The highest BCUT2D eigenvalue weighted by molar-refractivity contribution is 5.11. The molecule has 0 unspecified atom stereocenters. The molecule has 3 nitrogen and oxygen atoms in total. The topological polar surface area (TPSA) is 34.1 Å². The molecule has 0 amide bonds. The van der Waals surface area contributed by atoms with Gasteiger partial charge in [0.25, 0.3) is 0 Å². The summed E-state index contributed by atoms with van der Waals surface area (Å²) in [4.78, 5) is 4.09. The van der Waals surface area contributed by atoms with Gasteiger partial charge in [0, 0.05) is 30.4 Å². The third-order valence-corrected chi connectivity index (χ3v) is 4.50. The minimum Gasteiger partial charge on any atom is -0.379 e. The van der Waals surface area contributed by atoms with Crippen LogP contribution in [0.5, 0.6) is 0 Å². The summed E-state index contributed by atoms with van der Waals surface area (Å²) in [7, 11) is 0. The molecular weight excluding hydrogens is 236 g/mol. The van der Waals surface area contributed by atoms with E-state index >= 15 is 0 Å². The van der Waals surface area contributed by atoms with E-state index in [0.717, 1.165) is 25.7 Å². The highest BCUT2D eigenvalue weighted by atomic mass is 16.5. The fraction of sp³-hybridized carbons (Fsp3) is 0.688. The van der Waals surface area contributed by atoms with E-state index in [1.54, 1.807) is 0 Å². The zero-order chi connectivity index (χ0) is 12.9. The van der Waals surface area contributed by atoms with Crippen LogP contribution < -0.4 is 5.32 Å². The Bertz CT molecular complexity index is 376. The van der Waals surface area contributed by atoms with Crippen molar-refractivity contribution in [2.75, 3.05) is 13.2 Å². The van der Waals surface area contributed by atoms with Gasteiger partial charge in [-0.15, -0.1) is 0 Å². The van der Waals surface area contributed by atoms with E-state index < -0.39 is 0 Å². The molecule has 1 aromatic heterocycles. The highest BCUT2D eigenvalue weighted by Gasteiger charge is 2.30. The normalized spacial score (nSPS) is 28.6. The summed E-state index contributed by atoms with van der Waals surface area (Å²) in [5.41, 5.74) is 1.38. The van der Waals surface area contributed by atoms with Gasteiger partial charge in [-0.1, -0.05) is 19.3 Å². The van der Waals surface area contributed by atoms with Gasteiger partial charge >= 0.3 is 0 Å². The fourth-order valence-corrected chi connectivity index (χ4v) is 3.38. The third-order valence-electron chi connectivity index (χ3n) is 4.50. The third kappa shape index (κ3) is 3.54. The molecule has 1 saturated carbocycles. The maximum Gasteiger partial charge on any atom is 0.0623 e. The van der Waals surface area contributed by atoms with E-state index in [-0.39, 0.29) is 0 Å². The van der Waals surface area contributed by atoms with Crippen molar-refractivity contribution >= 4 is 0 Å². The van der Waals surface area contributed by atoms with Crippen LogP contribution in [-0.2, 0) is 11.2 Å². The number of rotatable bonds is 4. The first-order chi connectivity index (χ1) is 9.42. The predicted octanol–water partition coefficient (Wildman–Crippen LogP) is 2.56. The average Bonchev–Trinajstić information content (AvgIpc) is 2.88. The van der Waals surface area contributed by atoms with Crippen molar-refractivity contribution in [1.82, 2.24) is 10.3 Å². The Labute approximate surface area is 115 Å². The SMILES string of the molecule is c1cc(C[C@@H]2COC[C@H]2NC2CCCCC2)ccn1. The van der Waals surface area contributed by atoms with E-state index in [0.29, 0.717) is 12.0 Å². The molecule has 2 fully saturated rings. The van der Waals surface area contributed by atoms with E-state index in [9.17, 15) is 0 Å². The number of ether oxygens (including phenoxy) is 1. The molecule has 0 spiro atoms. The molecule has 3 rings (SSSR count). The lowest BCUT2D eigenvalue weighted by atomic mass is 9.91. The molecule has 2 heterocycles. The first kappa shape index (κ1) is 13.1. The van der Waals surface area contributed by atoms with Gasteiger partial charge in [0.15, 0.2) is 0 Å².